The van der Waals surface area contributed by atoms with Crippen molar-refractivity contribution in [1.29, 1.82) is 0 Å². The summed E-state index contributed by atoms with van der Waals surface area (Å²) in [5.74, 6) is 0. The molecule has 1 aromatic rings. The van der Waals surface area contributed by atoms with E-state index >= 15 is 0 Å². The van der Waals surface area contributed by atoms with Crippen molar-refractivity contribution in [2.24, 2.45) is 0 Å². The molecular formula is C15H20O2. The first-order chi connectivity index (χ1) is 8.18. The van der Waals surface area contributed by atoms with Crippen molar-refractivity contribution < 1.29 is 9.78 Å². The molecule has 0 N–H and O–H groups in total. The average molecular weight is 232 g/mol. The van der Waals surface area contributed by atoms with E-state index in [1.165, 1.54) is 6.42 Å². The van der Waals surface area contributed by atoms with Gasteiger partial charge in [0.1, 0.15) is 11.7 Å². The van der Waals surface area contributed by atoms with Crippen LogP contribution in [0.25, 0.3) is 0 Å². The van der Waals surface area contributed by atoms with Gasteiger partial charge >= 0.3 is 0 Å². The number of hydrogen-bond donors (Lipinski definition) is 0. The Morgan fingerprint density at radius 1 is 1.18 bits per heavy atom. The first kappa shape index (κ1) is 12.3. The molecular weight excluding hydrogens is 212 g/mol. The molecule has 0 saturated carbocycles. The molecule has 0 fully saturated rings. The lowest BCUT2D eigenvalue weighted by Gasteiger charge is -2.27. The van der Waals surface area contributed by atoms with Gasteiger partial charge in [0.25, 0.3) is 0 Å². The van der Waals surface area contributed by atoms with Gasteiger partial charge in [0.15, 0.2) is 0 Å². The minimum atomic E-state index is -0.410. The molecule has 0 spiro atoms. The molecule has 2 rings (SSSR count). The summed E-state index contributed by atoms with van der Waals surface area (Å²) in [6, 6.07) is 10.1. The maximum absolute atomic E-state index is 5.60. The average Bonchev–Trinajstić information content (AvgIpc) is 2.39. The van der Waals surface area contributed by atoms with Crippen molar-refractivity contribution in [2.45, 2.75) is 44.8 Å². The van der Waals surface area contributed by atoms with E-state index < -0.39 is 5.60 Å². The van der Waals surface area contributed by atoms with E-state index in [0.717, 1.165) is 18.4 Å². The van der Waals surface area contributed by atoms with Gasteiger partial charge in [0.05, 0.1) is 0 Å². The van der Waals surface area contributed by atoms with E-state index in [-0.39, 0.29) is 6.10 Å². The van der Waals surface area contributed by atoms with Crippen molar-refractivity contribution >= 4 is 0 Å². The summed E-state index contributed by atoms with van der Waals surface area (Å²) in [7, 11) is 0. The van der Waals surface area contributed by atoms with Crippen LogP contribution in [0.5, 0.6) is 0 Å². The van der Waals surface area contributed by atoms with E-state index in [0.29, 0.717) is 0 Å². The molecule has 0 bridgehead atoms. The van der Waals surface area contributed by atoms with Crippen LogP contribution in [0.3, 0.4) is 0 Å². The Balaban J connectivity index is 1.93. The molecule has 17 heavy (non-hydrogen) atoms. The quantitative estimate of drug-likeness (QED) is 0.444. The third-order valence-electron chi connectivity index (χ3n) is 3.06. The highest BCUT2D eigenvalue weighted by molar-refractivity contribution is 5.20. The predicted molar refractivity (Wildman–Crippen MR) is 68.4 cm³/mol. The standard InChI is InChI=1S/C15H20O2/c1-15(2,13-9-5-3-6-10-13)17-16-14-11-7-4-8-12-14/h3,5-7,9-11,14H,4,8,12H2,1-2H3. The van der Waals surface area contributed by atoms with Crippen molar-refractivity contribution in [3.05, 3.63) is 48.0 Å². The lowest BCUT2D eigenvalue weighted by Crippen LogP contribution is -2.25. The molecule has 2 heteroatoms. The number of hydrogen-bond acceptors (Lipinski definition) is 2. The first-order valence-electron chi connectivity index (χ1n) is 6.25. The molecule has 0 saturated heterocycles. The number of rotatable bonds is 4. The van der Waals surface area contributed by atoms with Gasteiger partial charge in [-0.1, -0.05) is 42.5 Å². The second-order valence-corrected chi connectivity index (χ2v) is 4.95. The van der Waals surface area contributed by atoms with E-state index in [2.05, 4.69) is 24.3 Å². The van der Waals surface area contributed by atoms with Gasteiger partial charge in [-0.25, -0.2) is 9.78 Å². The van der Waals surface area contributed by atoms with Gasteiger partial charge in [0, 0.05) is 0 Å². The maximum atomic E-state index is 5.60. The van der Waals surface area contributed by atoms with Crippen LogP contribution in [0.1, 0.15) is 38.7 Å². The third kappa shape index (κ3) is 3.42. The van der Waals surface area contributed by atoms with Gasteiger partial charge in [-0.3, -0.25) is 0 Å². The van der Waals surface area contributed by atoms with Crippen molar-refractivity contribution in [3.8, 4) is 0 Å². The highest BCUT2D eigenvalue weighted by atomic mass is 17.2. The third-order valence-corrected chi connectivity index (χ3v) is 3.06. The minimum absolute atomic E-state index is 0.103. The first-order valence-corrected chi connectivity index (χ1v) is 6.25. The maximum Gasteiger partial charge on any atom is 0.123 e. The fourth-order valence-electron chi connectivity index (χ4n) is 1.93. The molecule has 1 unspecified atom stereocenters. The lowest BCUT2D eigenvalue weighted by atomic mass is 9.99. The summed E-state index contributed by atoms with van der Waals surface area (Å²) < 4.78 is 0. The molecule has 1 aliphatic rings. The van der Waals surface area contributed by atoms with E-state index in [9.17, 15) is 0 Å². The monoisotopic (exact) mass is 232 g/mol. The predicted octanol–water partition coefficient (Wildman–Crippen LogP) is 3.98. The van der Waals surface area contributed by atoms with E-state index in [4.69, 9.17) is 9.78 Å². The topological polar surface area (TPSA) is 18.5 Å². The molecule has 1 atom stereocenters. The minimum Gasteiger partial charge on any atom is -0.228 e. The van der Waals surface area contributed by atoms with Crippen molar-refractivity contribution in [3.63, 3.8) is 0 Å². The molecule has 0 aliphatic heterocycles. The summed E-state index contributed by atoms with van der Waals surface area (Å²) in [6.45, 7) is 4.05. The Morgan fingerprint density at radius 2 is 1.94 bits per heavy atom. The normalized spacial score (nSPS) is 20.5. The zero-order valence-corrected chi connectivity index (χ0v) is 10.6. The molecule has 0 heterocycles. The highest BCUT2D eigenvalue weighted by Gasteiger charge is 2.24. The van der Waals surface area contributed by atoms with Gasteiger partial charge in [0.2, 0.25) is 0 Å². The van der Waals surface area contributed by atoms with Crippen LogP contribution in [0, 0.1) is 0 Å². The number of benzene rings is 1. The Bertz CT molecular complexity index is 368. The van der Waals surface area contributed by atoms with E-state index in [1.807, 2.05) is 32.0 Å². The van der Waals surface area contributed by atoms with Crippen LogP contribution in [-0.2, 0) is 15.4 Å². The molecule has 0 radical (unpaired) electrons. The summed E-state index contributed by atoms with van der Waals surface area (Å²) in [5, 5.41) is 0. The van der Waals surface area contributed by atoms with Crippen LogP contribution in [0.15, 0.2) is 42.5 Å². The second-order valence-electron chi connectivity index (χ2n) is 4.95. The summed E-state index contributed by atoms with van der Waals surface area (Å²) in [5.41, 5.74) is 0.715. The van der Waals surface area contributed by atoms with Crippen molar-refractivity contribution in [1.82, 2.24) is 0 Å². The zero-order chi connectivity index (χ0) is 12.1. The largest absolute Gasteiger partial charge is 0.228 e. The highest BCUT2D eigenvalue weighted by Crippen LogP contribution is 2.26. The van der Waals surface area contributed by atoms with Crippen LogP contribution < -0.4 is 0 Å². The summed E-state index contributed by atoms with van der Waals surface area (Å²) in [4.78, 5) is 11.1. The van der Waals surface area contributed by atoms with Crippen LogP contribution in [0.4, 0.5) is 0 Å². The number of allylic oxidation sites excluding steroid dienone is 1. The van der Waals surface area contributed by atoms with Gasteiger partial charge in [-0.2, -0.15) is 0 Å². The molecule has 0 amide bonds. The van der Waals surface area contributed by atoms with Gasteiger partial charge < -0.3 is 0 Å². The fraction of sp³-hybridized carbons (Fsp3) is 0.467. The SMILES string of the molecule is CC(C)(OOC1C=CCCC1)c1ccccc1. The van der Waals surface area contributed by atoms with Crippen LogP contribution in [0.2, 0.25) is 0 Å². The van der Waals surface area contributed by atoms with Crippen molar-refractivity contribution in [2.75, 3.05) is 0 Å². The second kappa shape index (κ2) is 5.48. The van der Waals surface area contributed by atoms with E-state index in [1.54, 1.807) is 0 Å². The Kier molecular flexibility index (Phi) is 3.97. The molecule has 92 valence electrons. The van der Waals surface area contributed by atoms with Crippen LogP contribution in [-0.4, -0.2) is 6.10 Å². The molecule has 2 nitrogen and oxygen atoms in total. The molecule has 1 aliphatic carbocycles. The lowest BCUT2D eigenvalue weighted by molar-refractivity contribution is -0.375. The van der Waals surface area contributed by atoms with Gasteiger partial charge in [-0.15, -0.1) is 0 Å². The summed E-state index contributed by atoms with van der Waals surface area (Å²) in [6.07, 6.45) is 7.73. The summed E-state index contributed by atoms with van der Waals surface area (Å²) >= 11 is 0. The van der Waals surface area contributed by atoms with Crippen LogP contribution >= 0.6 is 0 Å². The fourth-order valence-corrected chi connectivity index (χ4v) is 1.93. The molecule has 0 aromatic heterocycles. The zero-order valence-electron chi connectivity index (χ0n) is 10.6. The molecule has 1 aromatic carbocycles. The Hall–Kier alpha value is -1.12. The Labute approximate surface area is 103 Å². The smallest absolute Gasteiger partial charge is 0.123 e. The van der Waals surface area contributed by atoms with Gasteiger partial charge in [-0.05, 0) is 38.7 Å². The Morgan fingerprint density at radius 3 is 2.59 bits per heavy atom.